The summed E-state index contributed by atoms with van der Waals surface area (Å²) in [6, 6.07) is 9.87. The zero-order chi connectivity index (χ0) is 20.2. The van der Waals surface area contributed by atoms with E-state index in [1.165, 1.54) is 0 Å². The number of nitrogens with one attached hydrogen (secondary N) is 1. The lowest BCUT2D eigenvalue weighted by atomic mass is 10.0. The molecule has 1 aromatic carbocycles. The van der Waals surface area contributed by atoms with Gasteiger partial charge in [0.15, 0.2) is 5.69 Å². The zero-order valence-corrected chi connectivity index (χ0v) is 16.7. The van der Waals surface area contributed by atoms with Crippen LogP contribution in [0, 0.1) is 0 Å². The van der Waals surface area contributed by atoms with E-state index in [-0.39, 0.29) is 5.97 Å². The summed E-state index contributed by atoms with van der Waals surface area (Å²) in [6.45, 7) is 5.05. The summed E-state index contributed by atoms with van der Waals surface area (Å²) >= 11 is 0. The molecule has 8 nitrogen and oxygen atoms in total. The quantitative estimate of drug-likeness (QED) is 0.619. The smallest absolute Gasteiger partial charge is 0.359 e. The summed E-state index contributed by atoms with van der Waals surface area (Å²) in [6.07, 6.45) is 2.58. The summed E-state index contributed by atoms with van der Waals surface area (Å²) in [5, 5.41) is 11.7. The van der Waals surface area contributed by atoms with E-state index >= 15 is 0 Å². The largest absolute Gasteiger partial charge is 0.497 e. The number of esters is 1. The first-order valence-electron chi connectivity index (χ1n) is 9.77. The molecule has 0 radical (unpaired) electrons. The second kappa shape index (κ2) is 8.48. The minimum Gasteiger partial charge on any atom is -0.497 e. The van der Waals surface area contributed by atoms with Crippen LogP contribution in [0.15, 0.2) is 36.5 Å². The number of rotatable bonds is 7. The third kappa shape index (κ3) is 4.17. The van der Waals surface area contributed by atoms with Crippen molar-refractivity contribution in [2.24, 2.45) is 0 Å². The van der Waals surface area contributed by atoms with E-state index in [0.717, 1.165) is 47.8 Å². The monoisotopic (exact) mass is 395 g/mol. The molecule has 1 aliphatic heterocycles. The van der Waals surface area contributed by atoms with Crippen LogP contribution in [0.5, 0.6) is 5.75 Å². The third-order valence-corrected chi connectivity index (χ3v) is 5.13. The molecule has 0 aliphatic carbocycles. The number of hydrogen-bond acceptors (Lipinski definition) is 6. The predicted octanol–water partition coefficient (Wildman–Crippen LogP) is 2.40. The minimum atomic E-state index is -0.361. The number of carbonyl (C=O) groups excluding carboxylic acids is 1. The maximum atomic E-state index is 12.5. The van der Waals surface area contributed by atoms with Crippen LogP contribution < -0.4 is 4.74 Å². The lowest BCUT2D eigenvalue weighted by Crippen LogP contribution is -2.31. The molecule has 152 valence electrons. The molecule has 0 amide bonds. The van der Waals surface area contributed by atoms with Gasteiger partial charge in [-0.1, -0.05) is 12.1 Å². The molecule has 0 unspecified atom stereocenters. The maximum Gasteiger partial charge on any atom is 0.359 e. The molecule has 3 heterocycles. The van der Waals surface area contributed by atoms with Gasteiger partial charge in [0.05, 0.1) is 20.3 Å². The van der Waals surface area contributed by atoms with Crippen molar-refractivity contribution in [3.05, 3.63) is 64.7 Å². The van der Waals surface area contributed by atoms with Gasteiger partial charge in [0.25, 0.3) is 0 Å². The van der Waals surface area contributed by atoms with E-state index in [4.69, 9.17) is 9.47 Å². The van der Waals surface area contributed by atoms with Crippen LogP contribution in [-0.2, 0) is 30.8 Å². The highest BCUT2D eigenvalue weighted by Gasteiger charge is 2.29. The number of aromatic nitrogens is 4. The highest BCUT2D eigenvalue weighted by Crippen LogP contribution is 2.25. The molecule has 0 atom stereocenters. The van der Waals surface area contributed by atoms with Crippen molar-refractivity contribution in [2.75, 3.05) is 20.3 Å². The Labute approximate surface area is 169 Å². The van der Waals surface area contributed by atoms with Gasteiger partial charge in [0.2, 0.25) is 0 Å². The van der Waals surface area contributed by atoms with Crippen LogP contribution in [0.4, 0.5) is 0 Å². The van der Waals surface area contributed by atoms with Crippen molar-refractivity contribution in [3.63, 3.8) is 0 Å². The van der Waals surface area contributed by atoms with Crippen molar-refractivity contribution in [1.82, 2.24) is 24.9 Å². The number of methoxy groups -OCH3 is 1. The van der Waals surface area contributed by atoms with Gasteiger partial charge in [-0.05, 0) is 30.7 Å². The van der Waals surface area contributed by atoms with Crippen LogP contribution in [-0.4, -0.2) is 51.1 Å². The molecule has 3 aromatic rings. The van der Waals surface area contributed by atoms with Gasteiger partial charge in [0, 0.05) is 49.2 Å². The summed E-state index contributed by atoms with van der Waals surface area (Å²) in [5.41, 5.74) is 4.64. The van der Waals surface area contributed by atoms with Crippen molar-refractivity contribution in [1.29, 1.82) is 0 Å². The predicted molar refractivity (Wildman–Crippen MR) is 107 cm³/mol. The highest BCUT2D eigenvalue weighted by molar-refractivity contribution is 5.89. The Bertz CT molecular complexity index is 963. The van der Waals surface area contributed by atoms with Crippen LogP contribution in [0.1, 0.15) is 39.9 Å². The van der Waals surface area contributed by atoms with Gasteiger partial charge in [-0.3, -0.25) is 14.7 Å². The molecule has 29 heavy (non-hydrogen) atoms. The first kappa shape index (κ1) is 19.2. The molecule has 1 aliphatic rings. The number of benzene rings is 1. The van der Waals surface area contributed by atoms with Gasteiger partial charge in [-0.2, -0.15) is 10.2 Å². The molecule has 8 heteroatoms. The van der Waals surface area contributed by atoms with Crippen molar-refractivity contribution in [2.45, 2.75) is 33.0 Å². The fourth-order valence-corrected chi connectivity index (χ4v) is 3.69. The van der Waals surface area contributed by atoms with Gasteiger partial charge < -0.3 is 9.47 Å². The van der Waals surface area contributed by atoms with Crippen molar-refractivity contribution in [3.8, 4) is 5.75 Å². The molecule has 1 N–H and O–H groups in total. The summed E-state index contributed by atoms with van der Waals surface area (Å²) in [4.78, 5) is 14.8. The summed E-state index contributed by atoms with van der Waals surface area (Å²) in [5.74, 6) is 0.457. The number of nitrogens with zero attached hydrogens (tertiary/aromatic N) is 4. The standard InChI is InChI=1S/C21H25N5O3/c1-3-29-21(27)20-18-14-25(13-16-8-10-22-23-16)11-9-19(18)26(24-20)12-15-4-6-17(28-2)7-5-15/h4-8,10H,3,9,11-14H2,1-2H3,(H,22,23). The molecule has 0 spiro atoms. The molecule has 4 rings (SSSR count). The number of fused-ring (bicyclic) bond motifs is 1. The van der Waals surface area contributed by atoms with Crippen LogP contribution in [0.3, 0.4) is 0 Å². The Morgan fingerprint density at radius 1 is 1.21 bits per heavy atom. The molecular weight excluding hydrogens is 370 g/mol. The fraction of sp³-hybridized carbons (Fsp3) is 0.381. The summed E-state index contributed by atoms with van der Waals surface area (Å²) in [7, 11) is 1.65. The zero-order valence-electron chi connectivity index (χ0n) is 16.7. The average Bonchev–Trinajstić information content (AvgIpc) is 3.37. The highest BCUT2D eigenvalue weighted by atomic mass is 16.5. The number of H-pyrrole nitrogens is 1. The second-order valence-corrected chi connectivity index (χ2v) is 7.04. The maximum absolute atomic E-state index is 12.5. The molecule has 2 aromatic heterocycles. The normalized spacial score (nSPS) is 13.9. The average molecular weight is 395 g/mol. The van der Waals surface area contributed by atoms with E-state index in [1.807, 2.05) is 41.9 Å². The molecule has 0 saturated heterocycles. The lowest BCUT2D eigenvalue weighted by Gasteiger charge is -2.27. The molecule has 0 saturated carbocycles. The van der Waals surface area contributed by atoms with Crippen LogP contribution in [0.2, 0.25) is 0 Å². The number of ether oxygens (including phenoxy) is 2. The van der Waals surface area contributed by atoms with Gasteiger partial charge in [-0.25, -0.2) is 4.79 Å². The number of aromatic amines is 1. The molecular formula is C21H25N5O3. The van der Waals surface area contributed by atoms with Gasteiger partial charge >= 0.3 is 5.97 Å². The van der Waals surface area contributed by atoms with Crippen molar-refractivity contribution >= 4 is 5.97 Å². The number of hydrogen-bond donors (Lipinski definition) is 1. The third-order valence-electron chi connectivity index (χ3n) is 5.13. The van der Waals surface area contributed by atoms with Gasteiger partial charge in [0.1, 0.15) is 5.75 Å². The van der Waals surface area contributed by atoms with E-state index in [1.54, 1.807) is 13.3 Å². The first-order chi connectivity index (χ1) is 14.2. The minimum absolute atomic E-state index is 0.330. The van der Waals surface area contributed by atoms with E-state index in [9.17, 15) is 4.79 Å². The van der Waals surface area contributed by atoms with Crippen LogP contribution >= 0.6 is 0 Å². The van der Waals surface area contributed by atoms with E-state index < -0.39 is 0 Å². The second-order valence-electron chi connectivity index (χ2n) is 7.04. The Balaban J connectivity index is 1.60. The first-order valence-corrected chi connectivity index (χ1v) is 9.77. The SMILES string of the molecule is CCOC(=O)c1nn(Cc2ccc(OC)cc2)c2c1CN(Cc1ccn[nH]1)CC2. The Hall–Kier alpha value is -3.13. The van der Waals surface area contributed by atoms with Crippen LogP contribution in [0.25, 0.3) is 0 Å². The molecule has 0 bridgehead atoms. The Morgan fingerprint density at radius 3 is 2.72 bits per heavy atom. The number of carbonyl (C=O) groups is 1. The Morgan fingerprint density at radius 2 is 2.03 bits per heavy atom. The molecule has 0 fully saturated rings. The van der Waals surface area contributed by atoms with E-state index in [2.05, 4.69) is 20.2 Å². The summed E-state index contributed by atoms with van der Waals surface area (Å²) < 4.78 is 12.4. The van der Waals surface area contributed by atoms with Crippen molar-refractivity contribution < 1.29 is 14.3 Å². The Kier molecular flexibility index (Phi) is 5.62. The topological polar surface area (TPSA) is 85.3 Å². The lowest BCUT2D eigenvalue weighted by molar-refractivity contribution is 0.0515. The fourth-order valence-electron chi connectivity index (χ4n) is 3.69. The van der Waals surface area contributed by atoms with Gasteiger partial charge in [-0.15, -0.1) is 0 Å². The van der Waals surface area contributed by atoms with E-state index in [0.29, 0.717) is 25.4 Å².